The van der Waals surface area contributed by atoms with Gasteiger partial charge in [0.1, 0.15) is 12.4 Å². The Morgan fingerprint density at radius 1 is 1.12 bits per heavy atom. The first-order valence-corrected chi connectivity index (χ1v) is 6.17. The molecule has 0 aliphatic rings. The first-order valence-electron chi connectivity index (χ1n) is 5.35. The minimum atomic E-state index is 0.567. The van der Waals surface area contributed by atoms with Crippen molar-refractivity contribution in [3.05, 3.63) is 59.6 Å². The fourth-order valence-corrected chi connectivity index (χ4v) is 2.22. The zero-order valence-electron chi connectivity index (χ0n) is 9.09. The van der Waals surface area contributed by atoms with E-state index < -0.39 is 0 Å². The zero-order chi connectivity index (χ0) is 11.5. The van der Waals surface area contributed by atoms with E-state index in [0.717, 1.165) is 21.5 Å². The van der Waals surface area contributed by atoms with E-state index in [4.69, 9.17) is 4.74 Å². The van der Waals surface area contributed by atoms with Gasteiger partial charge in [-0.3, -0.25) is 0 Å². The second-order valence-corrected chi connectivity index (χ2v) is 4.54. The van der Waals surface area contributed by atoms with Gasteiger partial charge < -0.3 is 4.74 Å². The quantitative estimate of drug-likeness (QED) is 0.696. The number of hydrogen-bond acceptors (Lipinski definition) is 3. The van der Waals surface area contributed by atoms with Crippen LogP contribution in [0.3, 0.4) is 0 Å². The van der Waals surface area contributed by atoms with Crippen LogP contribution in [0.2, 0.25) is 0 Å². The Kier molecular flexibility index (Phi) is 2.76. The summed E-state index contributed by atoms with van der Waals surface area (Å²) in [6.07, 6.45) is 0. The molecule has 2 aromatic carbocycles. The van der Waals surface area contributed by atoms with Gasteiger partial charge in [-0.15, -0.1) is 11.3 Å². The van der Waals surface area contributed by atoms with E-state index in [1.54, 1.807) is 0 Å². The summed E-state index contributed by atoms with van der Waals surface area (Å²) in [7, 11) is 0. The smallest absolute Gasteiger partial charge is 0.153 e. The van der Waals surface area contributed by atoms with Crippen molar-refractivity contribution in [3.63, 3.8) is 0 Å². The van der Waals surface area contributed by atoms with Crippen molar-refractivity contribution in [2.24, 2.45) is 0 Å². The molecule has 0 spiro atoms. The van der Waals surface area contributed by atoms with E-state index in [-0.39, 0.29) is 0 Å². The van der Waals surface area contributed by atoms with E-state index in [0.29, 0.717) is 6.61 Å². The highest BCUT2D eigenvalue weighted by Gasteiger charge is 2.00. The van der Waals surface area contributed by atoms with Crippen LogP contribution in [0.25, 0.3) is 10.2 Å². The van der Waals surface area contributed by atoms with Gasteiger partial charge >= 0.3 is 0 Å². The highest BCUT2D eigenvalue weighted by molar-refractivity contribution is 7.16. The molecule has 2 nitrogen and oxygen atoms in total. The molecule has 83 valence electrons. The van der Waals surface area contributed by atoms with Crippen LogP contribution in [0, 0.1) is 5.51 Å². The Hall–Kier alpha value is -1.87. The summed E-state index contributed by atoms with van der Waals surface area (Å²) in [5.74, 6) is 0.887. The SMILES string of the molecule is [c]1nc2cc(COc3ccccc3)ccc2s1. The van der Waals surface area contributed by atoms with Crippen LogP contribution in [0.4, 0.5) is 0 Å². The molecule has 0 aliphatic heterocycles. The summed E-state index contributed by atoms with van der Waals surface area (Å²) >= 11 is 1.53. The second-order valence-electron chi connectivity index (χ2n) is 3.71. The van der Waals surface area contributed by atoms with Gasteiger partial charge in [-0.05, 0) is 29.8 Å². The van der Waals surface area contributed by atoms with Gasteiger partial charge in [0.2, 0.25) is 0 Å². The lowest BCUT2D eigenvalue weighted by Crippen LogP contribution is -1.94. The molecule has 0 atom stereocenters. The molecule has 1 radical (unpaired) electrons. The van der Waals surface area contributed by atoms with Gasteiger partial charge in [-0.1, -0.05) is 24.3 Å². The first kappa shape index (κ1) is 10.3. The maximum atomic E-state index is 5.68. The van der Waals surface area contributed by atoms with Gasteiger partial charge in [0.25, 0.3) is 0 Å². The summed E-state index contributed by atoms with van der Waals surface area (Å²) in [5, 5.41) is 0. The van der Waals surface area contributed by atoms with E-state index in [1.165, 1.54) is 11.3 Å². The number of hydrogen-bond donors (Lipinski definition) is 0. The van der Waals surface area contributed by atoms with Crippen molar-refractivity contribution in [1.29, 1.82) is 0 Å². The Bertz CT molecular complexity index is 618. The van der Waals surface area contributed by atoms with Crippen LogP contribution in [0.15, 0.2) is 48.5 Å². The normalized spacial score (nSPS) is 10.6. The van der Waals surface area contributed by atoms with Crippen LogP contribution in [0.5, 0.6) is 5.75 Å². The summed E-state index contributed by atoms with van der Waals surface area (Å²) in [5.41, 5.74) is 5.01. The average molecular weight is 240 g/mol. The number of rotatable bonds is 3. The lowest BCUT2D eigenvalue weighted by molar-refractivity contribution is 0.306. The fourth-order valence-electron chi connectivity index (χ4n) is 1.63. The van der Waals surface area contributed by atoms with Gasteiger partial charge in [-0.25, -0.2) is 4.98 Å². The molecule has 0 fully saturated rings. The van der Waals surface area contributed by atoms with Gasteiger partial charge in [-0.2, -0.15) is 0 Å². The molecule has 0 unspecified atom stereocenters. The lowest BCUT2D eigenvalue weighted by Gasteiger charge is -2.05. The van der Waals surface area contributed by atoms with Crippen molar-refractivity contribution in [1.82, 2.24) is 4.98 Å². The molecule has 3 aromatic rings. The summed E-state index contributed by atoms with van der Waals surface area (Å²) in [6, 6.07) is 16.0. The molecule has 0 saturated carbocycles. The minimum absolute atomic E-state index is 0.567. The summed E-state index contributed by atoms with van der Waals surface area (Å²) < 4.78 is 6.84. The topological polar surface area (TPSA) is 22.1 Å². The molecule has 3 rings (SSSR count). The van der Waals surface area contributed by atoms with Gasteiger partial charge in [0.15, 0.2) is 5.51 Å². The number of ether oxygens (including phenoxy) is 1. The predicted octanol–water partition coefficient (Wildman–Crippen LogP) is 3.68. The van der Waals surface area contributed by atoms with Crippen LogP contribution in [-0.2, 0) is 6.61 Å². The minimum Gasteiger partial charge on any atom is -0.489 e. The van der Waals surface area contributed by atoms with E-state index in [1.807, 2.05) is 36.4 Å². The number of para-hydroxylation sites is 1. The highest BCUT2D eigenvalue weighted by atomic mass is 32.1. The predicted molar refractivity (Wildman–Crippen MR) is 69.2 cm³/mol. The van der Waals surface area contributed by atoms with Crippen molar-refractivity contribution < 1.29 is 4.74 Å². The number of nitrogens with zero attached hydrogens (tertiary/aromatic N) is 1. The molecular weight excluding hydrogens is 230 g/mol. The molecule has 17 heavy (non-hydrogen) atoms. The molecule has 0 bridgehead atoms. The lowest BCUT2D eigenvalue weighted by atomic mass is 10.2. The number of benzene rings is 2. The van der Waals surface area contributed by atoms with Gasteiger partial charge in [0.05, 0.1) is 10.2 Å². The number of fused-ring (bicyclic) bond motifs is 1. The molecule has 0 amide bonds. The molecule has 3 heteroatoms. The van der Waals surface area contributed by atoms with Crippen LogP contribution >= 0.6 is 11.3 Å². The van der Waals surface area contributed by atoms with E-state index in [2.05, 4.69) is 22.6 Å². The van der Waals surface area contributed by atoms with Crippen molar-refractivity contribution in [2.75, 3.05) is 0 Å². The van der Waals surface area contributed by atoms with Crippen LogP contribution in [0.1, 0.15) is 5.56 Å². The summed E-state index contributed by atoms with van der Waals surface area (Å²) in [6.45, 7) is 0.567. The first-order chi connectivity index (χ1) is 8.42. The zero-order valence-corrected chi connectivity index (χ0v) is 9.91. The fraction of sp³-hybridized carbons (Fsp3) is 0.0714. The molecular formula is C14H10NOS. The molecule has 0 N–H and O–H groups in total. The van der Waals surface area contributed by atoms with Crippen LogP contribution in [-0.4, -0.2) is 4.98 Å². The third-order valence-electron chi connectivity index (χ3n) is 2.49. The van der Waals surface area contributed by atoms with E-state index >= 15 is 0 Å². The second kappa shape index (κ2) is 4.55. The largest absolute Gasteiger partial charge is 0.489 e. The molecule has 1 heterocycles. The molecule has 1 aromatic heterocycles. The highest BCUT2D eigenvalue weighted by Crippen LogP contribution is 2.19. The number of aromatic nitrogens is 1. The Morgan fingerprint density at radius 2 is 2.00 bits per heavy atom. The Labute approximate surface area is 104 Å². The van der Waals surface area contributed by atoms with E-state index in [9.17, 15) is 0 Å². The maximum absolute atomic E-state index is 5.68. The van der Waals surface area contributed by atoms with Crippen molar-refractivity contribution in [3.8, 4) is 5.75 Å². The van der Waals surface area contributed by atoms with Crippen molar-refractivity contribution >= 4 is 21.6 Å². The summed E-state index contributed by atoms with van der Waals surface area (Å²) in [4.78, 5) is 4.17. The number of thiazole rings is 1. The Balaban J connectivity index is 1.76. The molecule has 0 aliphatic carbocycles. The van der Waals surface area contributed by atoms with Crippen LogP contribution < -0.4 is 4.74 Å². The Morgan fingerprint density at radius 3 is 2.88 bits per heavy atom. The maximum Gasteiger partial charge on any atom is 0.153 e. The third kappa shape index (κ3) is 2.29. The monoisotopic (exact) mass is 240 g/mol. The average Bonchev–Trinajstić information content (AvgIpc) is 2.85. The standard InChI is InChI=1S/C14H10NOS/c1-2-4-12(5-3-1)16-9-11-6-7-14-13(8-11)15-10-17-14/h1-8H,9H2. The molecule has 0 saturated heterocycles. The van der Waals surface area contributed by atoms with Gasteiger partial charge in [0, 0.05) is 0 Å². The van der Waals surface area contributed by atoms with Crippen molar-refractivity contribution in [2.45, 2.75) is 6.61 Å². The third-order valence-corrected chi connectivity index (χ3v) is 3.24.